The second-order valence-corrected chi connectivity index (χ2v) is 4.51. The molecule has 1 aromatic rings. The van der Waals surface area contributed by atoms with Crippen LogP contribution < -0.4 is 5.73 Å². The molecular formula is C13H20ClNO. The third kappa shape index (κ3) is 3.34. The Hall–Kier alpha value is -0.830. The number of hydrogen-bond donors (Lipinski definition) is 2. The number of aliphatic hydroxyl groups is 1. The molecule has 1 atom stereocenters. The lowest BCUT2D eigenvalue weighted by molar-refractivity contribution is 0.0255. The zero-order valence-corrected chi connectivity index (χ0v) is 10.6. The number of benzene rings is 1. The zero-order chi connectivity index (χ0) is 11.5. The lowest BCUT2D eigenvalue weighted by atomic mass is 9.79. The third-order valence-electron chi connectivity index (χ3n) is 2.77. The van der Waals surface area contributed by atoms with Gasteiger partial charge < -0.3 is 10.8 Å². The monoisotopic (exact) mass is 241 g/mol. The van der Waals surface area contributed by atoms with Crippen molar-refractivity contribution in [3.05, 3.63) is 48.6 Å². The van der Waals surface area contributed by atoms with Crippen LogP contribution in [0, 0.1) is 0 Å². The molecule has 0 aromatic heterocycles. The van der Waals surface area contributed by atoms with Crippen LogP contribution in [0.2, 0.25) is 0 Å². The fraction of sp³-hybridized carbons (Fsp3) is 0.385. The Morgan fingerprint density at radius 1 is 1.31 bits per heavy atom. The molecule has 0 radical (unpaired) electrons. The molecule has 1 rings (SSSR count). The lowest BCUT2D eigenvalue weighted by Crippen LogP contribution is -2.56. The van der Waals surface area contributed by atoms with Gasteiger partial charge in [0.2, 0.25) is 0 Å². The highest BCUT2D eigenvalue weighted by Crippen LogP contribution is 2.25. The van der Waals surface area contributed by atoms with E-state index < -0.39 is 11.1 Å². The highest BCUT2D eigenvalue weighted by Gasteiger charge is 2.37. The molecule has 0 spiro atoms. The first-order valence-corrected chi connectivity index (χ1v) is 5.08. The Morgan fingerprint density at radius 3 is 2.19 bits per heavy atom. The van der Waals surface area contributed by atoms with Crippen LogP contribution in [0.4, 0.5) is 0 Å². The summed E-state index contributed by atoms with van der Waals surface area (Å²) >= 11 is 0. The minimum absolute atomic E-state index is 0. The third-order valence-corrected chi connectivity index (χ3v) is 2.77. The van der Waals surface area contributed by atoms with Crippen LogP contribution in [0.1, 0.15) is 19.4 Å². The van der Waals surface area contributed by atoms with Crippen molar-refractivity contribution in [1.82, 2.24) is 0 Å². The van der Waals surface area contributed by atoms with Crippen molar-refractivity contribution in [2.75, 3.05) is 0 Å². The molecule has 0 aliphatic rings. The molecule has 1 unspecified atom stereocenters. The van der Waals surface area contributed by atoms with Gasteiger partial charge in [0.15, 0.2) is 0 Å². The number of halogens is 1. The van der Waals surface area contributed by atoms with Gasteiger partial charge in [0.1, 0.15) is 5.60 Å². The van der Waals surface area contributed by atoms with Crippen molar-refractivity contribution < 1.29 is 5.11 Å². The summed E-state index contributed by atoms with van der Waals surface area (Å²) in [5.41, 5.74) is 5.23. The highest BCUT2D eigenvalue weighted by atomic mass is 35.5. The minimum atomic E-state index is -1.08. The van der Waals surface area contributed by atoms with Gasteiger partial charge in [0.05, 0.1) is 0 Å². The maximum Gasteiger partial charge on any atom is 0.104 e. The molecule has 90 valence electrons. The molecule has 0 fully saturated rings. The molecule has 0 aliphatic carbocycles. The Bertz CT molecular complexity index is 332. The largest absolute Gasteiger partial charge is 0.384 e. The Balaban J connectivity index is 0.00000225. The summed E-state index contributed by atoms with van der Waals surface area (Å²) in [5, 5.41) is 10.4. The molecule has 2 nitrogen and oxygen atoms in total. The average molecular weight is 242 g/mol. The van der Waals surface area contributed by atoms with E-state index in [2.05, 4.69) is 6.58 Å². The maximum atomic E-state index is 10.4. The van der Waals surface area contributed by atoms with E-state index in [4.69, 9.17) is 5.73 Å². The number of hydrogen-bond acceptors (Lipinski definition) is 2. The Labute approximate surface area is 104 Å². The second-order valence-electron chi connectivity index (χ2n) is 4.51. The summed E-state index contributed by atoms with van der Waals surface area (Å²) in [6.07, 6.45) is 2.01. The van der Waals surface area contributed by atoms with Crippen molar-refractivity contribution in [3.63, 3.8) is 0 Å². The van der Waals surface area contributed by atoms with Crippen molar-refractivity contribution in [3.8, 4) is 0 Å². The van der Waals surface area contributed by atoms with Gasteiger partial charge in [-0.2, -0.15) is 0 Å². The van der Waals surface area contributed by atoms with Crippen LogP contribution in [0.25, 0.3) is 0 Å². The van der Waals surface area contributed by atoms with Gasteiger partial charge in [0.25, 0.3) is 0 Å². The quantitative estimate of drug-likeness (QED) is 0.795. The standard InChI is InChI=1S/C13H19NO.ClH/c1-4-13(15,12(2,3)14)10-11-8-6-5-7-9-11;/h4-9,15H,1,10,14H2,2-3H3;1H. The van der Waals surface area contributed by atoms with E-state index >= 15 is 0 Å². The number of nitrogens with two attached hydrogens (primary N) is 1. The van der Waals surface area contributed by atoms with Gasteiger partial charge in [-0.3, -0.25) is 0 Å². The van der Waals surface area contributed by atoms with Gasteiger partial charge in [-0.25, -0.2) is 0 Å². The Morgan fingerprint density at radius 2 is 1.81 bits per heavy atom. The van der Waals surface area contributed by atoms with E-state index in [1.54, 1.807) is 13.8 Å². The fourth-order valence-corrected chi connectivity index (χ4v) is 1.47. The molecule has 0 aliphatic heterocycles. The molecule has 0 heterocycles. The zero-order valence-electron chi connectivity index (χ0n) is 9.81. The molecule has 3 N–H and O–H groups in total. The van der Waals surface area contributed by atoms with Crippen LogP contribution in [0.5, 0.6) is 0 Å². The predicted molar refractivity (Wildman–Crippen MR) is 70.8 cm³/mol. The Kier molecular flexibility index (Phi) is 5.20. The van der Waals surface area contributed by atoms with Crippen LogP contribution in [0.15, 0.2) is 43.0 Å². The average Bonchev–Trinajstić information content (AvgIpc) is 2.17. The molecule has 16 heavy (non-hydrogen) atoms. The van der Waals surface area contributed by atoms with Crippen molar-refractivity contribution in [2.45, 2.75) is 31.4 Å². The van der Waals surface area contributed by atoms with Crippen molar-refractivity contribution in [2.24, 2.45) is 5.73 Å². The van der Waals surface area contributed by atoms with E-state index in [0.717, 1.165) is 5.56 Å². The first kappa shape index (κ1) is 15.2. The molecule has 1 aromatic carbocycles. The summed E-state index contributed by atoms with van der Waals surface area (Å²) in [6, 6.07) is 9.79. The first-order chi connectivity index (χ1) is 6.89. The van der Waals surface area contributed by atoms with Gasteiger partial charge in [-0.15, -0.1) is 19.0 Å². The molecule has 0 bridgehead atoms. The fourth-order valence-electron chi connectivity index (χ4n) is 1.47. The van der Waals surface area contributed by atoms with E-state index in [1.807, 2.05) is 30.3 Å². The normalized spacial score (nSPS) is 14.8. The molecule has 0 saturated carbocycles. The molecule has 0 amide bonds. The SMILES string of the molecule is C=CC(O)(Cc1ccccc1)C(C)(C)N.Cl. The van der Waals surface area contributed by atoms with Gasteiger partial charge in [-0.05, 0) is 19.4 Å². The molecule has 3 heteroatoms. The van der Waals surface area contributed by atoms with Crippen LogP contribution in [-0.4, -0.2) is 16.2 Å². The topological polar surface area (TPSA) is 46.2 Å². The lowest BCUT2D eigenvalue weighted by Gasteiger charge is -2.37. The van der Waals surface area contributed by atoms with Gasteiger partial charge >= 0.3 is 0 Å². The first-order valence-electron chi connectivity index (χ1n) is 5.08. The smallest absolute Gasteiger partial charge is 0.104 e. The van der Waals surface area contributed by atoms with E-state index in [-0.39, 0.29) is 12.4 Å². The van der Waals surface area contributed by atoms with E-state index in [1.165, 1.54) is 6.08 Å². The summed E-state index contributed by atoms with van der Waals surface area (Å²) in [6.45, 7) is 7.27. The van der Waals surface area contributed by atoms with Crippen molar-refractivity contribution >= 4 is 12.4 Å². The molecular weight excluding hydrogens is 222 g/mol. The van der Waals surface area contributed by atoms with E-state index in [0.29, 0.717) is 6.42 Å². The summed E-state index contributed by atoms with van der Waals surface area (Å²) < 4.78 is 0. The van der Waals surface area contributed by atoms with Crippen molar-refractivity contribution in [1.29, 1.82) is 0 Å². The number of rotatable bonds is 4. The van der Waals surface area contributed by atoms with Gasteiger partial charge in [-0.1, -0.05) is 36.4 Å². The van der Waals surface area contributed by atoms with Crippen LogP contribution in [-0.2, 0) is 6.42 Å². The van der Waals surface area contributed by atoms with Crippen LogP contribution in [0.3, 0.4) is 0 Å². The second kappa shape index (κ2) is 5.48. The minimum Gasteiger partial charge on any atom is -0.384 e. The maximum absolute atomic E-state index is 10.4. The summed E-state index contributed by atoms with van der Waals surface area (Å²) in [7, 11) is 0. The molecule has 0 saturated heterocycles. The highest BCUT2D eigenvalue weighted by molar-refractivity contribution is 5.85. The summed E-state index contributed by atoms with van der Waals surface area (Å²) in [5.74, 6) is 0. The summed E-state index contributed by atoms with van der Waals surface area (Å²) in [4.78, 5) is 0. The predicted octanol–water partition coefficient (Wildman–Crippen LogP) is 2.31. The van der Waals surface area contributed by atoms with Crippen LogP contribution >= 0.6 is 12.4 Å². The van der Waals surface area contributed by atoms with Gasteiger partial charge in [0, 0.05) is 12.0 Å². The van der Waals surface area contributed by atoms with E-state index in [9.17, 15) is 5.11 Å².